The van der Waals surface area contributed by atoms with Crippen LogP contribution in [0.1, 0.15) is 57.4 Å². The van der Waals surface area contributed by atoms with E-state index in [4.69, 9.17) is 0 Å². The average molecular weight is 500 g/mol. The van der Waals surface area contributed by atoms with Crippen molar-refractivity contribution in [2.24, 2.45) is 23.2 Å². The Kier molecular flexibility index (Phi) is 6.08. The number of dihydropyridines is 1. The van der Waals surface area contributed by atoms with E-state index in [-0.39, 0.29) is 41.7 Å². The third-order valence-electron chi connectivity index (χ3n) is 8.41. The zero-order valence-corrected chi connectivity index (χ0v) is 20.3. The zero-order chi connectivity index (χ0) is 25.8. The quantitative estimate of drug-likeness (QED) is 0.370. The van der Waals surface area contributed by atoms with E-state index >= 15 is 0 Å². The smallest absolute Gasteiger partial charge is 0.362 e. The minimum atomic E-state index is -4.41. The van der Waals surface area contributed by atoms with Gasteiger partial charge < -0.3 is 5.32 Å². The number of carbonyl (C=O) groups excluding carboxylic acids is 2. The van der Waals surface area contributed by atoms with Crippen LogP contribution >= 0.6 is 0 Å². The van der Waals surface area contributed by atoms with Crippen LogP contribution in [-0.4, -0.2) is 18.2 Å². The number of Topliss-reactive ketones (excluding diaryl/α,β-unsaturated/α-hetero) is 1. The Morgan fingerprint density at radius 3 is 2.36 bits per heavy atom. The molecule has 2 unspecified atom stereocenters. The molecule has 1 heterocycles. The fraction of sp³-hybridized carbons (Fsp3) is 0.448. The third-order valence-corrected chi connectivity index (χ3v) is 8.41. The largest absolute Gasteiger partial charge is 0.412 e. The van der Waals surface area contributed by atoms with Gasteiger partial charge in [0.1, 0.15) is 12.1 Å². The van der Waals surface area contributed by atoms with Crippen LogP contribution in [0.25, 0.3) is 0 Å². The second kappa shape index (κ2) is 8.86. The van der Waals surface area contributed by atoms with Gasteiger partial charge in [-0.2, -0.15) is 13.2 Å². The molecule has 1 N–H and O–H groups in total. The van der Waals surface area contributed by atoms with Gasteiger partial charge in [0.15, 0.2) is 5.78 Å². The number of benzene rings is 1. The number of hydrogen-bond acceptors (Lipinski definition) is 3. The van der Waals surface area contributed by atoms with E-state index in [1.807, 2.05) is 6.08 Å². The normalized spacial score (nSPS) is 30.2. The van der Waals surface area contributed by atoms with Gasteiger partial charge in [-0.3, -0.25) is 9.59 Å². The van der Waals surface area contributed by atoms with Crippen molar-refractivity contribution in [3.8, 4) is 0 Å². The lowest BCUT2D eigenvalue weighted by atomic mass is 9.51. The van der Waals surface area contributed by atoms with Crippen molar-refractivity contribution in [3.63, 3.8) is 0 Å². The summed E-state index contributed by atoms with van der Waals surface area (Å²) in [6, 6.07) is 6.22. The molecule has 5 rings (SSSR count). The number of rotatable bonds is 4. The lowest BCUT2D eigenvalue weighted by molar-refractivity contribution is -0.120. The number of nitrogens with one attached hydrogen (secondary N) is 1. The maximum absolute atomic E-state index is 13.5. The fourth-order valence-corrected chi connectivity index (χ4v) is 6.43. The molecule has 4 aliphatic rings. The van der Waals surface area contributed by atoms with Gasteiger partial charge in [-0.1, -0.05) is 44.2 Å². The Labute approximate surface area is 208 Å². The first-order valence-electron chi connectivity index (χ1n) is 12.4. The van der Waals surface area contributed by atoms with E-state index < -0.39 is 17.2 Å². The highest BCUT2D eigenvalue weighted by molar-refractivity contribution is 5.99. The van der Waals surface area contributed by atoms with Crippen LogP contribution in [0.4, 0.5) is 17.6 Å². The number of carbonyl (C=O) groups is 2. The third kappa shape index (κ3) is 4.27. The molecule has 1 fully saturated rings. The molecule has 7 heteroatoms. The van der Waals surface area contributed by atoms with E-state index in [2.05, 4.69) is 19.2 Å². The lowest BCUT2D eigenvalue weighted by Crippen LogP contribution is -2.46. The maximum Gasteiger partial charge on any atom is 0.412 e. The van der Waals surface area contributed by atoms with E-state index in [0.717, 1.165) is 23.0 Å². The van der Waals surface area contributed by atoms with E-state index in [0.29, 0.717) is 43.1 Å². The van der Waals surface area contributed by atoms with Crippen LogP contribution in [0.5, 0.6) is 0 Å². The standard InChI is InChI=1S/C29H29F4NO2/c1-16(2)24-11-23(17-3-7-22(30)8-4-17)27-25(34-24)9-18(10-26(27)36)19-12-28(13-19)14-20(29(31,32)33)5-6-21(28)15-35/h3-8,11,15-16,18-19,23,34H,9-10,12-14H2,1-2H3. The minimum absolute atomic E-state index is 0.00269. The molecule has 1 aliphatic heterocycles. The Balaban J connectivity index is 1.38. The molecule has 1 saturated carbocycles. The molecule has 0 aromatic heterocycles. The van der Waals surface area contributed by atoms with Gasteiger partial charge in [-0.05, 0) is 66.7 Å². The first kappa shape index (κ1) is 24.7. The van der Waals surface area contributed by atoms with Crippen LogP contribution in [0.15, 0.2) is 70.6 Å². The van der Waals surface area contributed by atoms with Crippen LogP contribution in [-0.2, 0) is 9.59 Å². The summed E-state index contributed by atoms with van der Waals surface area (Å²) in [4.78, 5) is 25.1. The van der Waals surface area contributed by atoms with Crippen molar-refractivity contribution < 1.29 is 27.2 Å². The van der Waals surface area contributed by atoms with Gasteiger partial charge in [-0.15, -0.1) is 0 Å². The number of allylic oxidation sites excluding steroid dienone is 8. The summed E-state index contributed by atoms with van der Waals surface area (Å²) in [5.41, 5.74) is 2.45. The second-order valence-corrected chi connectivity index (χ2v) is 11.0. The number of aldehydes is 1. The summed E-state index contributed by atoms with van der Waals surface area (Å²) in [5, 5.41) is 3.47. The van der Waals surface area contributed by atoms with Crippen LogP contribution < -0.4 is 5.32 Å². The minimum Gasteiger partial charge on any atom is -0.362 e. The van der Waals surface area contributed by atoms with E-state index in [1.165, 1.54) is 18.2 Å². The molecule has 0 radical (unpaired) electrons. The molecule has 0 amide bonds. The van der Waals surface area contributed by atoms with Crippen molar-refractivity contribution in [1.29, 1.82) is 0 Å². The van der Waals surface area contributed by atoms with Gasteiger partial charge >= 0.3 is 6.18 Å². The van der Waals surface area contributed by atoms with Crippen molar-refractivity contribution in [3.05, 3.63) is 82.0 Å². The van der Waals surface area contributed by atoms with Crippen molar-refractivity contribution in [1.82, 2.24) is 5.32 Å². The topological polar surface area (TPSA) is 46.2 Å². The second-order valence-electron chi connectivity index (χ2n) is 11.0. The lowest BCUT2D eigenvalue weighted by Gasteiger charge is -2.53. The molecule has 2 atom stereocenters. The number of halogens is 4. The molecule has 0 saturated heterocycles. The molecule has 1 aromatic rings. The Hall–Kier alpha value is -2.96. The molecule has 3 aliphatic carbocycles. The predicted octanol–water partition coefficient (Wildman–Crippen LogP) is 6.70. The molecular weight excluding hydrogens is 470 g/mol. The van der Waals surface area contributed by atoms with Gasteiger partial charge in [0.25, 0.3) is 0 Å². The molecule has 190 valence electrons. The fourth-order valence-electron chi connectivity index (χ4n) is 6.43. The number of alkyl halides is 3. The van der Waals surface area contributed by atoms with Gasteiger partial charge in [-0.25, -0.2) is 4.39 Å². The Morgan fingerprint density at radius 2 is 1.75 bits per heavy atom. The van der Waals surface area contributed by atoms with Crippen molar-refractivity contribution in [2.75, 3.05) is 0 Å². The molecule has 0 bridgehead atoms. The number of hydrogen-bond donors (Lipinski definition) is 1. The zero-order valence-electron chi connectivity index (χ0n) is 20.3. The Bertz CT molecular complexity index is 1210. The highest BCUT2D eigenvalue weighted by Gasteiger charge is 2.54. The SMILES string of the molecule is CC(C)C1=CC(c2ccc(F)cc2)C2=C(CC(C3CC4(CC(C(F)(F)F)=CC=C4C=O)C3)CC2=O)N1. The summed E-state index contributed by atoms with van der Waals surface area (Å²) < 4.78 is 53.7. The summed E-state index contributed by atoms with van der Waals surface area (Å²) in [7, 11) is 0. The highest BCUT2D eigenvalue weighted by Crippen LogP contribution is 2.61. The summed E-state index contributed by atoms with van der Waals surface area (Å²) in [5.74, 6) is -0.309. The summed E-state index contributed by atoms with van der Waals surface area (Å²) >= 11 is 0. The average Bonchev–Trinajstić information content (AvgIpc) is 2.81. The van der Waals surface area contributed by atoms with Crippen LogP contribution in [0.3, 0.4) is 0 Å². The van der Waals surface area contributed by atoms with Crippen molar-refractivity contribution in [2.45, 2.75) is 58.0 Å². The molecule has 1 aromatic carbocycles. The first-order chi connectivity index (χ1) is 17.0. The monoisotopic (exact) mass is 499 g/mol. The van der Waals surface area contributed by atoms with Gasteiger partial charge in [0, 0.05) is 40.3 Å². The van der Waals surface area contributed by atoms with E-state index in [1.54, 1.807) is 12.1 Å². The van der Waals surface area contributed by atoms with Crippen molar-refractivity contribution >= 4 is 12.1 Å². The van der Waals surface area contributed by atoms with E-state index in [9.17, 15) is 27.2 Å². The summed E-state index contributed by atoms with van der Waals surface area (Å²) in [6.07, 6.45) is 2.37. The molecule has 3 nitrogen and oxygen atoms in total. The number of ketones is 1. The van der Waals surface area contributed by atoms with Crippen LogP contribution in [0, 0.1) is 29.0 Å². The predicted molar refractivity (Wildman–Crippen MR) is 128 cm³/mol. The first-order valence-corrected chi connectivity index (χ1v) is 12.4. The molecule has 36 heavy (non-hydrogen) atoms. The highest BCUT2D eigenvalue weighted by atomic mass is 19.4. The molecular formula is C29H29F4NO2. The Morgan fingerprint density at radius 1 is 1.06 bits per heavy atom. The summed E-state index contributed by atoms with van der Waals surface area (Å²) in [6.45, 7) is 4.12. The van der Waals surface area contributed by atoms with Crippen LogP contribution in [0.2, 0.25) is 0 Å². The van der Waals surface area contributed by atoms with Gasteiger partial charge in [0.2, 0.25) is 0 Å². The van der Waals surface area contributed by atoms with Gasteiger partial charge in [0.05, 0.1) is 0 Å². The maximum atomic E-state index is 13.5. The molecule has 1 spiro atoms.